The number of rotatable bonds is 5. The van der Waals surface area contributed by atoms with Gasteiger partial charge in [-0.3, -0.25) is 14.9 Å². The molecular formula is C21H18BrClN2O5. The number of barbiturate groups is 1. The molecule has 156 valence electrons. The van der Waals surface area contributed by atoms with Gasteiger partial charge in [-0.2, -0.15) is 0 Å². The van der Waals surface area contributed by atoms with E-state index in [0.29, 0.717) is 34.9 Å². The van der Waals surface area contributed by atoms with Gasteiger partial charge in [0.1, 0.15) is 5.57 Å². The Morgan fingerprint density at radius 3 is 2.57 bits per heavy atom. The van der Waals surface area contributed by atoms with Gasteiger partial charge in [-0.15, -0.1) is 0 Å². The molecule has 3 rings (SSSR count). The first-order chi connectivity index (χ1) is 14.3. The molecule has 1 fully saturated rings. The van der Waals surface area contributed by atoms with Crippen LogP contribution in [0.2, 0.25) is 5.02 Å². The van der Waals surface area contributed by atoms with Gasteiger partial charge in [0, 0.05) is 4.47 Å². The molecule has 9 heteroatoms. The first-order valence-corrected chi connectivity index (χ1v) is 10.1. The summed E-state index contributed by atoms with van der Waals surface area (Å²) >= 11 is 9.63. The Kier molecular flexibility index (Phi) is 6.48. The minimum Gasteiger partial charge on any atom is -0.493 e. The van der Waals surface area contributed by atoms with Gasteiger partial charge in [0.15, 0.2) is 11.5 Å². The first kappa shape index (κ1) is 21.9. The Labute approximate surface area is 186 Å². The maximum absolute atomic E-state index is 13.1. The van der Waals surface area contributed by atoms with Crippen LogP contribution in [0.3, 0.4) is 0 Å². The summed E-state index contributed by atoms with van der Waals surface area (Å²) < 4.78 is 11.6. The number of ether oxygens (including phenoxy) is 2. The molecule has 1 heterocycles. The van der Waals surface area contributed by atoms with Gasteiger partial charge >= 0.3 is 6.03 Å². The molecule has 2 aromatic carbocycles. The number of imide groups is 2. The van der Waals surface area contributed by atoms with Crippen LogP contribution in [0, 0.1) is 6.92 Å². The van der Waals surface area contributed by atoms with Crippen LogP contribution < -0.4 is 19.7 Å². The third kappa shape index (κ3) is 4.20. The monoisotopic (exact) mass is 492 g/mol. The summed E-state index contributed by atoms with van der Waals surface area (Å²) in [5, 5.41) is 2.47. The highest BCUT2D eigenvalue weighted by atomic mass is 79.9. The molecule has 0 atom stereocenters. The van der Waals surface area contributed by atoms with Crippen molar-refractivity contribution in [3.8, 4) is 11.5 Å². The molecule has 30 heavy (non-hydrogen) atoms. The van der Waals surface area contributed by atoms with Crippen molar-refractivity contribution in [3.05, 3.63) is 56.5 Å². The quantitative estimate of drug-likeness (QED) is 0.490. The number of anilines is 1. The Balaban J connectivity index is 2.06. The predicted octanol–water partition coefficient (Wildman–Crippen LogP) is 4.48. The lowest BCUT2D eigenvalue weighted by Gasteiger charge is -2.27. The number of hydrogen-bond donors (Lipinski definition) is 1. The first-order valence-electron chi connectivity index (χ1n) is 8.94. The molecule has 0 unspecified atom stereocenters. The van der Waals surface area contributed by atoms with Gasteiger partial charge in [0.25, 0.3) is 11.8 Å². The number of nitrogens with zero attached hydrogens (tertiary/aromatic N) is 1. The highest BCUT2D eigenvalue weighted by Crippen LogP contribution is 2.37. The topological polar surface area (TPSA) is 84.9 Å². The van der Waals surface area contributed by atoms with Gasteiger partial charge < -0.3 is 9.47 Å². The van der Waals surface area contributed by atoms with Crippen LogP contribution in [0.15, 0.2) is 40.4 Å². The molecule has 1 aliphatic rings. The predicted molar refractivity (Wildman–Crippen MR) is 117 cm³/mol. The zero-order valence-corrected chi connectivity index (χ0v) is 18.8. The second-order valence-corrected chi connectivity index (χ2v) is 7.68. The molecule has 1 N–H and O–H groups in total. The maximum atomic E-state index is 13.1. The third-order valence-corrected chi connectivity index (χ3v) is 5.13. The molecule has 0 bridgehead atoms. The fraction of sp³-hybridized carbons (Fsp3) is 0.190. The smallest absolute Gasteiger partial charge is 0.335 e. The third-order valence-electron chi connectivity index (χ3n) is 4.35. The average molecular weight is 494 g/mol. The van der Waals surface area contributed by atoms with Crippen molar-refractivity contribution < 1.29 is 23.9 Å². The molecular weight excluding hydrogens is 476 g/mol. The molecule has 0 aliphatic carbocycles. The summed E-state index contributed by atoms with van der Waals surface area (Å²) in [5.41, 5.74) is 1.30. The average Bonchev–Trinajstić information content (AvgIpc) is 2.68. The molecule has 0 spiro atoms. The van der Waals surface area contributed by atoms with Crippen LogP contribution in [-0.2, 0) is 9.59 Å². The van der Waals surface area contributed by atoms with Crippen molar-refractivity contribution in [2.24, 2.45) is 0 Å². The second kappa shape index (κ2) is 8.89. The number of carbonyl (C=O) groups excluding carboxylic acids is 3. The lowest BCUT2D eigenvalue weighted by molar-refractivity contribution is -0.122. The van der Waals surface area contributed by atoms with E-state index in [1.807, 2.05) is 6.92 Å². The molecule has 4 amide bonds. The van der Waals surface area contributed by atoms with Crippen LogP contribution in [-0.4, -0.2) is 31.6 Å². The van der Waals surface area contributed by atoms with Crippen molar-refractivity contribution in [1.82, 2.24) is 5.32 Å². The van der Waals surface area contributed by atoms with Crippen molar-refractivity contribution in [3.63, 3.8) is 0 Å². The molecule has 0 aromatic heterocycles. The summed E-state index contributed by atoms with van der Waals surface area (Å²) in [6, 6.07) is 7.44. The molecule has 0 saturated carbocycles. The largest absolute Gasteiger partial charge is 0.493 e. The van der Waals surface area contributed by atoms with Gasteiger partial charge in [-0.25, -0.2) is 9.69 Å². The van der Waals surface area contributed by atoms with Crippen molar-refractivity contribution in [2.45, 2.75) is 13.8 Å². The number of benzene rings is 2. The Hall–Kier alpha value is -2.84. The van der Waals surface area contributed by atoms with Crippen molar-refractivity contribution in [2.75, 3.05) is 18.6 Å². The highest BCUT2D eigenvalue weighted by Gasteiger charge is 2.37. The lowest BCUT2D eigenvalue weighted by atomic mass is 10.1. The van der Waals surface area contributed by atoms with Gasteiger partial charge in [0.05, 0.1) is 24.4 Å². The number of urea groups is 1. The number of hydrogen-bond acceptors (Lipinski definition) is 5. The van der Waals surface area contributed by atoms with E-state index in [1.165, 1.54) is 13.2 Å². The van der Waals surface area contributed by atoms with Gasteiger partial charge in [-0.1, -0.05) is 27.5 Å². The summed E-state index contributed by atoms with van der Waals surface area (Å²) in [4.78, 5) is 38.8. The highest BCUT2D eigenvalue weighted by molar-refractivity contribution is 9.10. The number of nitrogens with one attached hydrogen (secondary N) is 1. The summed E-state index contributed by atoms with van der Waals surface area (Å²) in [5.74, 6) is -0.805. The number of amides is 4. The minimum atomic E-state index is -0.810. The van der Waals surface area contributed by atoms with E-state index in [4.69, 9.17) is 21.1 Å². The fourth-order valence-corrected chi connectivity index (χ4v) is 3.77. The Morgan fingerprint density at radius 2 is 1.93 bits per heavy atom. The normalized spacial score (nSPS) is 15.4. The second-order valence-electron chi connectivity index (χ2n) is 6.36. The zero-order valence-electron chi connectivity index (χ0n) is 16.4. The molecule has 0 radical (unpaired) electrons. The Morgan fingerprint density at radius 1 is 1.20 bits per heavy atom. The number of carbonyl (C=O) groups is 3. The number of halogens is 2. The molecule has 7 nitrogen and oxygen atoms in total. The number of methoxy groups -OCH3 is 1. The lowest BCUT2D eigenvalue weighted by Crippen LogP contribution is -2.54. The van der Waals surface area contributed by atoms with E-state index >= 15 is 0 Å². The summed E-state index contributed by atoms with van der Waals surface area (Å²) in [6.45, 7) is 3.96. The van der Waals surface area contributed by atoms with Crippen LogP contribution >= 0.6 is 27.5 Å². The molecule has 1 aliphatic heterocycles. The minimum absolute atomic E-state index is 0.209. The van der Waals surface area contributed by atoms with Crippen molar-refractivity contribution >= 4 is 57.1 Å². The van der Waals surface area contributed by atoms with E-state index in [1.54, 1.807) is 37.3 Å². The van der Waals surface area contributed by atoms with Crippen LogP contribution in [0.25, 0.3) is 6.08 Å². The zero-order chi connectivity index (χ0) is 22.0. The SMILES string of the molecule is CCOc1c(Cl)cc(/C=C2/C(=O)NC(=O)N(c3ccc(Br)cc3C)C2=O)cc1OC. The van der Waals surface area contributed by atoms with Gasteiger partial charge in [-0.05, 0) is 61.4 Å². The number of aryl methyl sites for hydroxylation is 1. The van der Waals surface area contributed by atoms with Crippen LogP contribution in [0.5, 0.6) is 11.5 Å². The van der Waals surface area contributed by atoms with Gasteiger partial charge in [0.2, 0.25) is 0 Å². The van der Waals surface area contributed by atoms with E-state index in [2.05, 4.69) is 21.2 Å². The van der Waals surface area contributed by atoms with Crippen LogP contribution in [0.1, 0.15) is 18.1 Å². The maximum Gasteiger partial charge on any atom is 0.335 e. The van der Waals surface area contributed by atoms with Crippen molar-refractivity contribution in [1.29, 1.82) is 0 Å². The van der Waals surface area contributed by atoms with E-state index in [-0.39, 0.29) is 10.6 Å². The van der Waals surface area contributed by atoms with Crippen LogP contribution in [0.4, 0.5) is 10.5 Å². The fourth-order valence-electron chi connectivity index (χ4n) is 3.02. The van der Waals surface area contributed by atoms with E-state index in [0.717, 1.165) is 9.37 Å². The standard InChI is InChI=1S/C21H18BrClN2O5/c1-4-30-18-15(23)9-12(10-17(18)29-3)8-14-19(26)24-21(28)25(20(14)27)16-6-5-13(22)7-11(16)2/h5-10H,4H2,1-3H3,(H,24,26,28)/b14-8-. The Bertz CT molecular complexity index is 1080. The summed E-state index contributed by atoms with van der Waals surface area (Å²) in [7, 11) is 1.46. The van der Waals surface area contributed by atoms with E-state index in [9.17, 15) is 14.4 Å². The molecule has 1 saturated heterocycles. The van der Waals surface area contributed by atoms with E-state index < -0.39 is 17.8 Å². The summed E-state index contributed by atoms with van der Waals surface area (Å²) in [6.07, 6.45) is 1.36. The molecule has 2 aromatic rings.